The minimum absolute atomic E-state index is 0.207. The average Bonchev–Trinajstić information content (AvgIpc) is 2.70. The van der Waals surface area contributed by atoms with Gasteiger partial charge in [0.25, 0.3) is 0 Å². The molecule has 0 aliphatic carbocycles. The molecule has 2 aromatic carbocycles. The molecule has 0 bridgehead atoms. The van der Waals surface area contributed by atoms with Gasteiger partial charge in [0, 0.05) is 24.2 Å². The van der Waals surface area contributed by atoms with Crippen LogP contribution in [0.5, 0.6) is 0 Å². The lowest BCUT2D eigenvalue weighted by atomic mass is 10.2. The maximum absolute atomic E-state index is 14.1. The monoisotopic (exact) mass is 372 g/mol. The van der Waals surface area contributed by atoms with Crippen molar-refractivity contribution in [3.8, 4) is 0 Å². The van der Waals surface area contributed by atoms with Gasteiger partial charge < -0.3 is 19.9 Å². The molecule has 5 nitrogen and oxygen atoms in total. The Morgan fingerprint density at radius 2 is 1.78 bits per heavy atom. The van der Waals surface area contributed by atoms with Crippen molar-refractivity contribution in [2.24, 2.45) is 0 Å². The molecule has 1 fully saturated rings. The summed E-state index contributed by atoms with van der Waals surface area (Å²) in [6, 6.07) is 15.7. The number of rotatable bonds is 7. The number of hydrogen-bond donors (Lipinski definition) is 2. The largest absolute Gasteiger partial charge is 0.370 e. The number of nitrogens with one attached hydrogen (secondary N) is 2. The fourth-order valence-electron chi connectivity index (χ4n) is 3.24. The summed E-state index contributed by atoms with van der Waals surface area (Å²) in [5.41, 5.74) is 1.26. The number of para-hydroxylation sites is 1. The third kappa shape index (κ3) is 6.05. The van der Waals surface area contributed by atoms with Gasteiger partial charge in [-0.15, -0.1) is 0 Å². The van der Waals surface area contributed by atoms with E-state index in [1.165, 1.54) is 11.0 Å². The Morgan fingerprint density at radius 3 is 2.52 bits per heavy atom. The molecule has 0 spiro atoms. The first-order valence-electron chi connectivity index (χ1n) is 9.48. The molecular formula is C21H27FN3O2+. The second kappa shape index (κ2) is 10.0. The van der Waals surface area contributed by atoms with E-state index in [0.29, 0.717) is 12.1 Å². The van der Waals surface area contributed by atoms with Crippen LogP contribution >= 0.6 is 0 Å². The molecule has 2 aromatic rings. The molecule has 3 rings (SSSR count). The van der Waals surface area contributed by atoms with Crippen LogP contribution < -0.4 is 10.2 Å². The summed E-state index contributed by atoms with van der Waals surface area (Å²) in [6.45, 7) is 5.41. The fourth-order valence-corrected chi connectivity index (χ4v) is 3.24. The Kier molecular flexibility index (Phi) is 7.19. The van der Waals surface area contributed by atoms with Gasteiger partial charge in [0.1, 0.15) is 18.9 Å². The van der Waals surface area contributed by atoms with Crippen molar-refractivity contribution in [3.05, 3.63) is 66.0 Å². The zero-order chi connectivity index (χ0) is 18.9. The van der Waals surface area contributed by atoms with Crippen LogP contribution in [0.25, 0.3) is 0 Å². The lowest BCUT2D eigenvalue weighted by molar-refractivity contribution is -0.908. The van der Waals surface area contributed by atoms with Crippen molar-refractivity contribution in [2.75, 3.05) is 44.7 Å². The zero-order valence-electron chi connectivity index (χ0n) is 15.5. The van der Waals surface area contributed by atoms with Gasteiger partial charge in [-0.25, -0.2) is 9.18 Å². The van der Waals surface area contributed by atoms with E-state index < -0.39 is 0 Å². The van der Waals surface area contributed by atoms with E-state index in [2.05, 4.69) is 5.32 Å². The molecule has 2 N–H and O–H groups in total. The van der Waals surface area contributed by atoms with Gasteiger partial charge >= 0.3 is 6.03 Å². The number of quaternary nitrogens is 1. The molecule has 1 heterocycles. The summed E-state index contributed by atoms with van der Waals surface area (Å²) in [4.78, 5) is 16.0. The SMILES string of the molecule is O=C(Nc1ccccc1)N(CCC[NH+]1CCOCC1)Cc1ccccc1F. The van der Waals surface area contributed by atoms with Crippen molar-refractivity contribution < 1.29 is 18.8 Å². The van der Waals surface area contributed by atoms with E-state index in [4.69, 9.17) is 4.74 Å². The fraction of sp³-hybridized carbons (Fsp3) is 0.381. The van der Waals surface area contributed by atoms with Crippen LogP contribution in [-0.4, -0.2) is 50.3 Å². The molecular weight excluding hydrogens is 345 g/mol. The number of benzene rings is 2. The Morgan fingerprint density at radius 1 is 1.07 bits per heavy atom. The van der Waals surface area contributed by atoms with Gasteiger partial charge in [-0.1, -0.05) is 36.4 Å². The molecule has 144 valence electrons. The molecule has 1 aliphatic rings. The van der Waals surface area contributed by atoms with Crippen molar-refractivity contribution in [3.63, 3.8) is 0 Å². The number of ether oxygens (including phenoxy) is 1. The minimum Gasteiger partial charge on any atom is -0.370 e. The highest BCUT2D eigenvalue weighted by Crippen LogP contribution is 2.13. The van der Waals surface area contributed by atoms with Gasteiger partial charge in [0.05, 0.1) is 26.3 Å². The predicted molar refractivity (Wildman–Crippen MR) is 103 cm³/mol. The highest BCUT2D eigenvalue weighted by atomic mass is 19.1. The van der Waals surface area contributed by atoms with Crippen LogP contribution in [0, 0.1) is 5.82 Å². The van der Waals surface area contributed by atoms with Crippen LogP contribution in [0.1, 0.15) is 12.0 Å². The molecule has 27 heavy (non-hydrogen) atoms. The topological polar surface area (TPSA) is 46.0 Å². The maximum atomic E-state index is 14.1. The van der Waals surface area contributed by atoms with E-state index in [-0.39, 0.29) is 18.4 Å². The molecule has 0 aromatic heterocycles. The van der Waals surface area contributed by atoms with Crippen molar-refractivity contribution in [1.82, 2.24) is 4.90 Å². The predicted octanol–water partition coefficient (Wildman–Crippen LogP) is 2.17. The van der Waals surface area contributed by atoms with Crippen LogP contribution in [0.2, 0.25) is 0 Å². The third-order valence-corrected chi connectivity index (χ3v) is 4.79. The summed E-state index contributed by atoms with van der Waals surface area (Å²) in [6.07, 6.45) is 0.867. The highest BCUT2D eigenvalue weighted by Gasteiger charge is 2.18. The molecule has 0 saturated carbocycles. The molecule has 0 unspecified atom stereocenters. The number of halogens is 1. The standard InChI is InChI=1S/C21H26FN3O2/c22-20-10-5-4-7-18(20)17-25(12-6-11-24-13-15-27-16-14-24)21(26)23-19-8-2-1-3-9-19/h1-5,7-10H,6,11-17H2,(H,23,26)/p+1. The Balaban J connectivity index is 1.62. The zero-order valence-corrected chi connectivity index (χ0v) is 15.5. The van der Waals surface area contributed by atoms with Gasteiger partial charge in [-0.05, 0) is 18.2 Å². The van der Waals surface area contributed by atoms with E-state index in [9.17, 15) is 9.18 Å². The second-order valence-corrected chi connectivity index (χ2v) is 6.78. The number of amides is 2. The van der Waals surface area contributed by atoms with E-state index in [1.807, 2.05) is 30.3 Å². The highest BCUT2D eigenvalue weighted by molar-refractivity contribution is 5.89. The Hall–Kier alpha value is -2.44. The third-order valence-electron chi connectivity index (χ3n) is 4.79. The summed E-state index contributed by atoms with van der Waals surface area (Å²) >= 11 is 0. The number of urea groups is 1. The van der Waals surface area contributed by atoms with Crippen molar-refractivity contribution in [2.45, 2.75) is 13.0 Å². The molecule has 0 atom stereocenters. The molecule has 1 saturated heterocycles. The number of hydrogen-bond acceptors (Lipinski definition) is 2. The molecule has 1 aliphatic heterocycles. The molecule has 0 radical (unpaired) electrons. The summed E-state index contributed by atoms with van der Waals surface area (Å²) < 4.78 is 19.5. The van der Waals surface area contributed by atoms with Crippen LogP contribution in [0.3, 0.4) is 0 Å². The number of carbonyl (C=O) groups excluding carboxylic acids is 1. The minimum atomic E-state index is -0.284. The van der Waals surface area contributed by atoms with Gasteiger partial charge in [-0.2, -0.15) is 0 Å². The summed E-state index contributed by atoms with van der Waals surface area (Å²) in [5, 5.41) is 2.91. The Labute approximate surface area is 159 Å². The van der Waals surface area contributed by atoms with Gasteiger partial charge in [-0.3, -0.25) is 0 Å². The van der Waals surface area contributed by atoms with E-state index in [1.54, 1.807) is 23.1 Å². The number of morpholine rings is 1. The van der Waals surface area contributed by atoms with E-state index >= 15 is 0 Å². The molecule has 6 heteroatoms. The molecule has 2 amide bonds. The number of carbonyl (C=O) groups is 1. The average molecular weight is 372 g/mol. The van der Waals surface area contributed by atoms with Crippen LogP contribution in [0.15, 0.2) is 54.6 Å². The Bertz CT molecular complexity index is 720. The van der Waals surface area contributed by atoms with Gasteiger partial charge in [0.15, 0.2) is 0 Å². The van der Waals surface area contributed by atoms with Gasteiger partial charge in [0.2, 0.25) is 0 Å². The first-order valence-corrected chi connectivity index (χ1v) is 9.48. The quantitative estimate of drug-likeness (QED) is 0.783. The lowest BCUT2D eigenvalue weighted by Crippen LogP contribution is -3.14. The maximum Gasteiger partial charge on any atom is 0.322 e. The lowest BCUT2D eigenvalue weighted by Gasteiger charge is -2.26. The summed E-state index contributed by atoms with van der Waals surface area (Å²) in [7, 11) is 0. The van der Waals surface area contributed by atoms with Crippen LogP contribution in [0.4, 0.5) is 14.9 Å². The van der Waals surface area contributed by atoms with Crippen LogP contribution in [-0.2, 0) is 11.3 Å². The summed E-state index contributed by atoms with van der Waals surface area (Å²) in [5.74, 6) is -0.284. The van der Waals surface area contributed by atoms with E-state index in [0.717, 1.165) is 45.0 Å². The first kappa shape index (κ1) is 19.3. The van der Waals surface area contributed by atoms with Crippen molar-refractivity contribution in [1.29, 1.82) is 0 Å². The number of anilines is 1. The smallest absolute Gasteiger partial charge is 0.322 e. The van der Waals surface area contributed by atoms with Crippen molar-refractivity contribution >= 4 is 11.7 Å². The first-order chi connectivity index (χ1) is 13.2. The number of nitrogens with zero attached hydrogens (tertiary/aromatic N) is 1. The normalized spacial score (nSPS) is 14.7. The second-order valence-electron chi connectivity index (χ2n) is 6.78.